The van der Waals surface area contributed by atoms with Gasteiger partial charge < -0.3 is 5.32 Å². The highest BCUT2D eigenvalue weighted by Crippen LogP contribution is 2.23. The lowest BCUT2D eigenvalue weighted by atomic mass is 10.1. The topological polar surface area (TPSA) is 44.0 Å². The summed E-state index contributed by atoms with van der Waals surface area (Å²) in [6.45, 7) is 9.64. The maximum atomic E-state index is 4.45. The lowest BCUT2D eigenvalue weighted by Gasteiger charge is -2.23. The smallest absolute Gasteiger partial charge is 0.0796 e. The van der Waals surface area contributed by atoms with Gasteiger partial charge in [-0.15, -0.1) is 0 Å². The number of H-pyrrole nitrogens is 1. The van der Waals surface area contributed by atoms with E-state index in [1.165, 1.54) is 36.2 Å². The normalized spacial score (nSPS) is 15.4. The molecule has 4 nitrogen and oxygen atoms in total. The third-order valence-electron chi connectivity index (χ3n) is 3.46. The zero-order chi connectivity index (χ0) is 13.2. The first-order valence-corrected chi connectivity index (χ1v) is 6.94. The van der Waals surface area contributed by atoms with Crippen molar-refractivity contribution >= 4 is 0 Å². The fourth-order valence-corrected chi connectivity index (χ4v) is 2.48. The highest BCUT2D eigenvalue weighted by atomic mass is 15.2. The van der Waals surface area contributed by atoms with Gasteiger partial charge in [0.25, 0.3) is 0 Å². The van der Waals surface area contributed by atoms with Gasteiger partial charge in [0.1, 0.15) is 0 Å². The molecule has 1 aromatic heterocycles. The van der Waals surface area contributed by atoms with Gasteiger partial charge in [-0.1, -0.05) is 0 Å². The number of aryl methyl sites for hydroxylation is 1. The Bertz CT molecular complexity index is 389. The van der Waals surface area contributed by atoms with Crippen LogP contribution in [0.25, 0.3) is 0 Å². The molecule has 0 atom stereocenters. The lowest BCUT2D eigenvalue weighted by Crippen LogP contribution is -2.40. The van der Waals surface area contributed by atoms with E-state index < -0.39 is 0 Å². The van der Waals surface area contributed by atoms with Crippen molar-refractivity contribution in [3.63, 3.8) is 0 Å². The van der Waals surface area contributed by atoms with Crippen LogP contribution < -0.4 is 5.32 Å². The SMILES string of the molecule is CN(CCNC(C)(C)C)Cc1n[nH]c2c1CCC2. The fourth-order valence-electron chi connectivity index (χ4n) is 2.48. The third-order valence-corrected chi connectivity index (χ3v) is 3.46. The summed E-state index contributed by atoms with van der Waals surface area (Å²) in [5, 5.41) is 11.1. The van der Waals surface area contributed by atoms with Gasteiger partial charge in [-0.25, -0.2) is 0 Å². The van der Waals surface area contributed by atoms with Gasteiger partial charge in [-0.05, 0) is 52.6 Å². The minimum absolute atomic E-state index is 0.203. The molecule has 2 rings (SSSR count). The molecule has 1 aromatic rings. The summed E-state index contributed by atoms with van der Waals surface area (Å²) < 4.78 is 0. The van der Waals surface area contributed by atoms with E-state index in [0.29, 0.717) is 0 Å². The molecular weight excluding hydrogens is 224 g/mol. The Hall–Kier alpha value is -0.870. The van der Waals surface area contributed by atoms with Crippen LogP contribution in [0.5, 0.6) is 0 Å². The van der Waals surface area contributed by atoms with Crippen molar-refractivity contribution in [1.82, 2.24) is 20.4 Å². The van der Waals surface area contributed by atoms with Crippen molar-refractivity contribution in [1.29, 1.82) is 0 Å². The van der Waals surface area contributed by atoms with E-state index in [9.17, 15) is 0 Å². The zero-order valence-electron chi connectivity index (χ0n) is 12.1. The van der Waals surface area contributed by atoms with Crippen LogP contribution in [-0.4, -0.2) is 40.8 Å². The van der Waals surface area contributed by atoms with Crippen LogP contribution in [0, 0.1) is 0 Å². The molecule has 0 aliphatic heterocycles. The molecule has 0 saturated heterocycles. The first-order chi connectivity index (χ1) is 8.46. The molecule has 1 aliphatic carbocycles. The Balaban J connectivity index is 1.79. The minimum Gasteiger partial charge on any atom is -0.311 e. The second kappa shape index (κ2) is 5.41. The van der Waals surface area contributed by atoms with Crippen LogP contribution in [0.1, 0.15) is 44.1 Å². The lowest BCUT2D eigenvalue weighted by molar-refractivity contribution is 0.299. The molecule has 0 amide bonds. The number of nitrogens with one attached hydrogen (secondary N) is 2. The van der Waals surface area contributed by atoms with Crippen molar-refractivity contribution in [3.05, 3.63) is 17.0 Å². The van der Waals surface area contributed by atoms with E-state index >= 15 is 0 Å². The Morgan fingerprint density at radius 2 is 2.11 bits per heavy atom. The third kappa shape index (κ3) is 3.56. The Morgan fingerprint density at radius 3 is 2.83 bits per heavy atom. The van der Waals surface area contributed by atoms with Gasteiger partial charge >= 0.3 is 0 Å². The number of hydrogen-bond acceptors (Lipinski definition) is 3. The highest BCUT2D eigenvalue weighted by molar-refractivity contribution is 5.29. The number of aromatic amines is 1. The van der Waals surface area contributed by atoms with Crippen LogP contribution in [0.3, 0.4) is 0 Å². The summed E-state index contributed by atoms with van der Waals surface area (Å²) in [6, 6.07) is 0. The first kappa shape index (κ1) is 13.6. The number of hydrogen-bond donors (Lipinski definition) is 2. The van der Waals surface area contributed by atoms with Gasteiger partial charge in [-0.3, -0.25) is 10.00 Å². The predicted octanol–water partition coefficient (Wildman–Crippen LogP) is 1.72. The standard InChI is InChI=1S/C14H26N4/c1-14(2,3)15-8-9-18(4)10-13-11-6-5-7-12(11)16-17-13/h15H,5-10H2,1-4H3,(H,16,17). The van der Waals surface area contributed by atoms with Gasteiger partial charge in [0.05, 0.1) is 5.69 Å². The number of rotatable bonds is 5. The highest BCUT2D eigenvalue weighted by Gasteiger charge is 2.19. The molecule has 0 aromatic carbocycles. The van der Waals surface area contributed by atoms with Crippen molar-refractivity contribution in [3.8, 4) is 0 Å². The molecule has 0 bridgehead atoms. The zero-order valence-corrected chi connectivity index (χ0v) is 12.1. The maximum absolute atomic E-state index is 4.45. The summed E-state index contributed by atoms with van der Waals surface area (Å²) >= 11 is 0. The Morgan fingerprint density at radius 1 is 1.33 bits per heavy atom. The number of fused-ring (bicyclic) bond motifs is 1. The average molecular weight is 250 g/mol. The van der Waals surface area contributed by atoms with Gasteiger partial charge in [0.15, 0.2) is 0 Å². The molecule has 18 heavy (non-hydrogen) atoms. The largest absolute Gasteiger partial charge is 0.311 e. The minimum atomic E-state index is 0.203. The molecule has 0 radical (unpaired) electrons. The Kier molecular flexibility index (Phi) is 4.07. The van der Waals surface area contributed by atoms with Crippen LogP contribution in [0.2, 0.25) is 0 Å². The summed E-state index contributed by atoms with van der Waals surface area (Å²) in [4.78, 5) is 2.34. The fraction of sp³-hybridized carbons (Fsp3) is 0.786. The van der Waals surface area contributed by atoms with E-state index in [4.69, 9.17) is 0 Å². The van der Waals surface area contributed by atoms with Crippen LogP contribution in [0.15, 0.2) is 0 Å². The molecule has 0 fully saturated rings. The monoisotopic (exact) mass is 250 g/mol. The van der Waals surface area contributed by atoms with E-state index in [1.54, 1.807) is 0 Å². The van der Waals surface area contributed by atoms with E-state index in [2.05, 4.69) is 48.2 Å². The molecular formula is C14H26N4. The second-order valence-electron chi connectivity index (χ2n) is 6.40. The van der Waals surface area contributed by atoms with Gasteiger partial charge in [0, 0.05) is 30.9 Å². The number of nitrogens with zero attached hydrogens (tertiary/aromatic N) is 2. The average Bonchev–Trinajstić information content (AvgIpc) is 2.81. The molecule has 0 spiro atoms. The molecule has 2 N–H and O–H groups in total. The summed E-state index contributed by atoms with van der Waals surface area (Å²) in [6.07, 6.45) is 3.67. The van der Waals surface area contributed by atoms with Gasteiger partial charge in [-0.2, -0.15) is 5.10 Å². The van der Waals surface area contributed by atoms with Crippen molar-refractivity contribution in [2.45, 2.75) is 52.1 Å². The van der Waals surface area contributed by atoms with Crippen LogP contribution in [-0.2, 0) is 19.4 Å². The molecule has 4 heteroatoms. The molecule has 1 heterocycles. The second-order valence-corrected chi connectivity index (χ2v) is 6.40. The molecule has 0 saturated carbocycles. The molecule has 1 aliphatic rings. The number of likely N-dealkylation sites (N-methyl/N-ethyl adjacent to an activating group) is 1. The van der Waals surface area contributed by atoms with Crippen LogP contribution in [0.4, 0.5) is 0 Å². The quantitative estimate of drug-likeness (QED) is 0.836. The predicted molar refractivity (Wildman–Crippen MR) is 74.7 cm³/mol. The summed E-state index contributed by atoms with van der Waals surface area (Å²) in [7, 11) is 2.17. The number of aromatic nitrogens is 2. The van der Waals surface area contributed by atoms with Crippen LogP contribution >= 0.6 is 0 Å². The molecule has 0 unspecified atom stereocenters. The van der Waals surface area contributed by atoms with E-state index in [-0.39, 0.29) is 5.54 Å². The first-order valence-electron chi connectivity index (χ1n) is 6.94. The maximum Gasteiger partial charge on any atom is 0.0796 e. The summed E-state index contributed by atoms with van der Waals surface area (Å²) in [5.74, 6) is 0. The van der Waals surface area contributed by atoms with Gasteiger partial charge in [0.2, 0.25) is 0 Å². The van der Waals surface area contributed by atoms with E-state index in [1.807, 2.05) is 0 Å². The molecule has 102 valence electrons. The Labute approximate surface area is 110 Å². The van der Waals surface area contributed by atoms with Crippen molar-refractivity contribution in [2.75, 3.05) is 20.1 Å². The van der Waals surface area contributed by atoms with E-state index in [0.717, 1.165) is 19.6 Å². The van der Waals surface area contributed by atoms with Crippen molar-refractivity contribution < 1.29 is 0 Å². The summed E-state index contributed by atoms with van der Waals surface area (Å²) in [5.41, 5.74) is 4.30. The van der Waals surface area contributed by atoms with Crippen molar-refractivity contribution in [2.24, 2.45) is 0 Å².